The first-order chi connectivity index (χ1) is 10.2. The zero-order valence-corrected chi connectivity index (χ0v) is 12.1. The number of hydrogen-bond acceptors (Lipinski definition) is 2. The first kappa shape index (κ1) is 13.9. The van der Waals surface area contributed by atoms with Crippen LogP contribution in [0.15, 0.2) is 36.4 Å². The molecule has 0 aromatic heterocycles. The largest absolute Gasteiger partial charge is 0.507 e. The second-order valence-corrected chi connectivity index (χ2v) is 5.88. The maximum Gasteiger partial charge on any atom is 0.255 e. The molecule has 0 heterocycles. The highest BCUT2D eigenvalue weighted by Gasteiger charge is 2.18. The summed E-state index contributed by atoms with van der Waals surface area (Å²) in [5.74, 6) is -0.107. The van der Waals surface area contributed by atoms with Gasteiger partial charge >= 0.3 is 0 Å². The van der Waals surface area contributed by atoms with Gasteiger partial charge < -0.3 is 10.4 Å². The van der Waals surface area contributed by atoms with Gasteiger partial charge in [-0.25, -0.2) is 0 Å². The summed E-state index contributed by atoms with van der Waals surface area (Å²) < 4.78 is 0. The van der Waals surface area contributed by atoms with Gasteiger partial charge in [0, 0.05) is 6.04 Å². The summed E-state index contributed by atoms with van der Waals surface area (Å²) in [4.78, 5) is 12.4. The van der Waals surface area contributed by atoms with Crippen LogP contribution in [0.1, 0.15) is 48.9 Å². The van der Waals surface area contributed by atoms with Gasteiger partial charge in [0.05, 0.1) is 5.56 Å². The highest BCUT2D eigenvalue weighted by atomic mass is 16.3. The van der Waals surface area contributed by atoms with Gasteiger partial charge in [-0.3, -0.25) is 4.79 Å². The number of hydrogen-bond donors (Lipinski definition) is 2. The van der Waals surface area contributed by atoms with Crippen molar-refractivity contribution in [1.82, 2.24) is 5.32 Å². The van der Waals surface area contributed by atoms with Crippen LogP contribution in [0.2, 0.25) is 0 Å². The lowest BCUT2D eigenvalue weighted by Crippen LogP contribution is -2.34. The number of rotatable bonds is 2. The van der Waals surface area contributed by atoms with E-state index in [1.165, 1.54) is 25.7 Å². The van der Waals surface area contributed by atoms with Gasteiger partial charge in [-0.15, -0.1) is 0 Å². The summed E-state index contributed by atoms with van der Waals surface area (Å²) in [6, 6.07) is 11.4. The predicted molar refractivity (Wildman–Crippen MR) is 84.6 cm³/mol. The number of phenolic OH excluding ortho intramolecular Hbond substituents is 1. The first-order valence-corrected chi connectivity index (χ1v) is 7.76. The van der Waals surface area contributed by atoms with E-state index in [-0.39, 0.29) is 17.7 Å². The third-order valence-electron chi connectivity index (χ3n) is 4.30. The molecule has 3 heteroatoms. The SMILES string of the molecule is O=C(NC1CCCCCC1)c1cc2ccccc2cc1O. The minimum Gasteiger partial charge on any atom is -0.507 e. The van der Waals surface area contributed by atoms with Crippen molar-refractivity contribution in [1.29, 1.82) is 0 Å². The van der Waals surface area contributed by atoms with E-state index in [0.717, 1.165) is 23.6 Å². The fourth-order valence-corrected chi connectivity index (χ4v) is 3.10. The second-order valence-electron chi connectivity index (χ2n) is 5.88. The Hall–Kier alpha value is -2.03. The molecular weight excluding hydrogens is 262 g/mol. The van der Waals surface area contributed by atoms with Crippen molar-refractivity contribution in [2.24, 2.45) is 0 Å². The fourth-order valence-electron chi connectivity index (χ4n) is 3.10. The predicted octanol–water partition coefficient (Wildman–Crippen LogP) is 4.00. The van der Waals surface area contributed by atoms with Crippen LogP contribution in [-0.4, -0.2) is 17.1 Å². The first-order valence-electron chi connectivity index (χ1n) is 7.76. The number of nitrogens with one attached hydrogen (secondary N) is 1. The maximum absolute atomic E-state index is 12.4. The van der Waals surface area contributed by atoms with Crippen LogP contribution in [0, 0.1) is 0 Å². The molecule has 2 aromatic carbocycles. The van der Waals surface area contributed by atoms with Gasteiger partial charge in [-0.2, -0.15) is 0 Å². The van der Waals surface area contributed by atoms with E-state index in [1.807, 2.05) is 24.3 Å². The van der Waals surface area contributed by atoms with Crippen molar-refractivity contribution in [3.8, 4) is 5.75 Å². The number of carbonyl (C=O) groups is 1. The zero-order chi connectivity index (χ0) is 14.7. The summed E-state index contributed by atoms with van der Waals surface area (Å²) in [6.45, 7) is 0. The monoisotopic (exact) mass is 283 g/mol. The lowest BCUT2D eigenvalue weighted by molar-refractivity contribution is 0.0931. The van der Waals surface area contributed by atoms with Crippen molar-refractivity contribution in [2.75, 3.05) is 0 Å². The highest BCUT2D eigenvalue weighted by molar-refractivity contribution is 6.01. The number of amides is 1. The summed E-state index contributed by atoms with van der Waals surface area (Å²) in [6.07, 6.45) is 6.95. The maximum atomic E-state index is 12.4. The van der Waals surface area contributed by atoms with Crippen LogP contribution in [0.4, 0.5) is 0 Å². The molecular formula is C18H21NO2. The summed E-state index contributed by atoms with van der Waals surface area (Å²) in [5.41, 5.74) is 0.373. The molecule has 1 aliphatic rings. The molecule has 110 valence electrons. The smallest absolute Gasteiger partial charge is 0.255 e. The van der Waals surface area contributed by atoms with Crippen molar-refractivity contribution in [3.63, 3.8) is 0 Å². The van der Waals surface area contributed by atoms with Crippen LogP contribution in [0.3, 0.4) is 0 Å². The Bertz CT molecular complexity index is 643. The highest BCUT2D eigenvalue weighted by Crippen LogP contribution is 2.25. The van der Waals surface area contributed by atoms with Gasteiger partial charge in [0.2, 0.25) is 0 Å². The van der Waals surface area contributed by atoms with Crippen LogP contribution in [-0.2, 0) is 0 Å². The lowest BCUT2D eigenvalue weighted by atomic mass is 10.0. The lowest BCUT2D eigenvalue weighted by Gasteiger charge is -2.17. The van der Waals surface area contributed by atoms with Gasteiger partial charge in [0.15, 0.2) is 0 Å². The molecule has 3 rings (SSSR count). The number of fused-ring (bicyclic) bond motifs is 1. The molecule has 2 aromatic rings. The number of phenols is 1. The minimum absolute atomic E-state index is 0.0554. The van der Waals surface area contributed by atoms with Gasteiger partial charge in [-0.05, 0) is 35.7 Å². The number of carbonyl (C=O) groups excluding carboxylic acids is 1. The molecule has 0 bridgehead atoms. The van der Waals surface area contributed by atoms with Crippen molar-refractivity contribution in [3.05, 3.63) is 42.0 Å². The Balaban J connectivity index is 1.81. The Kier molecular flexibility index (Phi) is 4.09. The number of benzene rings is 2. The average Bonchev–Trinajstić information content (AvgIpc) is 2.75. The average molecular weight is 283 g/mol. The summed E-state index contributed by atoms with van der Waals surface area (Å²) in [7, 11) is 0. The molecule has 0 spiro atoms. The van der Waals surface area contributed by atoms with Gasteiger partial charge in [-0.1, -0.05) is 49.9 Å². The standard InChI is InChI=1S/C18H21NO2/c20-17-12-14-8-6-5-7-13(14)11-16(17)18(21)19-15-9-3-1-2-4-10-15/h5-8,11-12,15,20H,1-4,9-10H2,(H,19,21). The molecule has 2 N–H and O–H groups in total. The second kappa shape index (κ2) is 6.17. The molecule has 0 saturated heterocycles. The normalized spacial score (nSPS) is 16.6. The van der Waals surface area contributed by atoms with Crippen molar-refractivity contribution < 1.29 is 9.90 Å². The molecule has 1 saturated carbocycles. The third-order valence-corrected chi connectivity index (χ3v) is 4.30. The topological polar surface area (TPSA) is 49.3 Å². The van der Waals surface area contributed by atoms with E-state index in [1.54, 1.807) is 12.1 Å². The van der Waals surface area contributed by atoms with Crippen molar-refractivity contribution >= 4 is 16.7 Å². The Morgan fingerprint density at radius 3 is 2.29 bits per heavy atom. The Morgan fingerprint density at radius 1 is 1.00 bits per heavy atom. The van der Waals surface area contributed by atoms with Crippen LogP contribution in [0.5, 0.6) is 5.75 Å². The van der Waals surface area contributed by atoms with E-state index in [0.29, 0.717) is 5.56 Å². The molecule has 1 aliphatic carbocycles. The molecule has 3 nitrogen and oxygen atoms in total. The molecule has 0 unspecified atom stereocenters. The summed E-state index contributed by atoms with van der Waals surface area (Å²) >= 11 is 0. The Labute approximate surface area is 125 Å². The fraction of sp³-hybridized carbons (Fsp3) is 0.389. The van der Waals surface area contributed by atoms with E-state index < -0.39 is 0 Å². The Morgan fingerprint density at radius 2 is 1.62 bits per heavy atom. The van der Waals surface area contributed by atoms with E-state index in [9.17, 15) is 9.90 Å². The van der Waals surface area contributed by atoms with Gasteiger partial charge in [0.25, 0.3) is 5.91 Å². The molecule has 0 aliphatic heterocycles. The van der Waals surface area contributed by atoms with Gasteiger partial charge in [0.1, 0.15) is 5.75 Å². The van der Waals surface area contributed by atoms with Crippen LogP contribution in [0.25, 0.3) is 10.8 Å². The van der Waals surface area contributed by atoms with Crippen molar-refractivity contribution in [2.45, 2.75) is 44.6 Å². The molecule has 0 atom stereocenters. The molecule has 21 heavy (non-hydrogen) atoms. The molecule has 1 fully saturated rings. The van der Waals surface area contributed by atoms with E-state index in [4.69, 9.17) is 0 Å². The van der Waals surface area contributed by atoms with E-state index in [2.05, 4.69) is 5.32 Å². The molecule has 1 amide bonds. The van der Waals surface area contributed by atoms with E-state index >= 15 is 0 Å². The zero-order valence-electron chi connectivity index (χ0n) is 12.1. The summed E-state index contributed by atoms with van der Waals surface area (Å²) in [5, 5.41) is 15.1. The minimum atomic E-state index is -0.162. The van der Waals surface area contributed by atoms with Crippen LogP contribution < -0.4 is 5.32 Å². The van der Waals surface area contributed by atoms with Crippen LogP contribution >= 0.6 is 0 Å². The third kappa shape index (κ3) is 3.18. The molecule has 0 radical (unpaired) electrons. The quantitative estimate of drug-likeness (QED) is 0.818. The number of aromatic hydroxyl groups is 1.